The SMILES string of the molecule is COc1ccc([C@@H]2CC(=O)NC(SCC(=O)Nc3ccc(Br)c(C)c3)=C2C#N)cc1. The number of hydrogen-bond donors (Lipinski definition) is 2. The Bertz CT molecular complexity index is 1040. The number of rotatable bonds is 6. The lowest BCUT2D eigenvalue weighted by molar-refractivity contribution is -0.121. The lowest BCUT2D eigenvalue weighted by atomic mass is 9.87. The summed E-state index contributed by atoms with van der Waals surface area (Å²) >= 11 is 4.58. The van der Waals surface area contributed by atoms with E-state index in [0.29, 0.717) is 22.0 Å². The number of anilines is 1. The molecule has 0 fully saturated rings. The molecule has 0 radical (unpaired) electrons. The van der Waals surface area contributed by atoms with Crippen LogP contribution in [0.25, 0.3) is 0 Å². The molecule has 1 atom stereocenters. The number of ether oxygens (including phenoxy) is 1. The van der Waals surface area contributed by atoms with Crippen LogP contribution in [0.3, 0.4) is 0 Å². The van der Waals surface area contributed by atoms with Crippen molar-refractivity contribution in [1.29, 1.82) is 5.26 Å². The highest BCUT2D eigenvalue weighted by atomic mass is 79.9. The fourth-order valence-electron chi connectivity index (χ4n) is 3.11. The van der Waals surface area contributed by atoms with Gasteiger partial charge in [-0.1, -0.05) is 39.8 Å². The predicted molar refractivity (Wildman–Crippen MR) is 121 cm³/mol. The quantitative estimate of drug-likeness (QED) is 0.629. The Kier molecular flexibility index (Phi) is 7.19. The third-order valence-electron chi connectivity index (χ3n) is 4.66. The number of methoxy groups -OCH3 is 1. The van der Waals surface area contributed by atoms with Crippen LogP contribution in [0.15, 0.2) is 57.5 Å². The van der Waals surface area contributed by atoms with Gasteiger partial charge in [-0.15, -0.1) is 0 Å². The van der Waals surface area contributed by atoms with Crippen molar-refractivity contribution in [2.24, 2.45) is 0 Å². The van der Waals surface area contributed by atoms with Crippen molar-refractivity contribution in [1.82, 2.24) is 5.32 Å². The highest BCUT2D eigenvalue weighted by Gasteiger charge is 2.29. The van der Waals surface area contributed by atoms with Gasteiger partial charge in [-0.2, -0.15) is 5.26 Å². The molecule has 0 unspecified atom stereocenters. The number of carbonyl (C=O) groups excluding carboxylic acids is 2. The van der Waals surface area contributed by atoms with E-state index < -0.39 is 0 Å². The van der Waals surface area contributed by atoms with Gasteiger partial charge in [0, 0.05) is 22.5 Å². The van der Waals surface area contributed by atoms with E-state index in [1.165, 1.54) is 0 Å². The number of thioether (sulfide) groups is 1. The number of allylic oxidation sites excluding steroid dienone is 1. The maximum absolute atomic E-state index is 12.4. The molecule has 0 aliphatic carbocycles. The smallest absolute Gasteiger partial charge is 0.234 e. The monoisotopic (exact) mass is 485 g/mol. The maximum Gasteiger partial charge on any atom is 0.234 e. The molecule has 6 nitrogen and oxygen atoms in total. The molecule has 1 heterocycles. The summed E-state index contributed by atoms with van der Waals surface area (Å²) in [6.07, 6.45) is 0.184. The van der Waals surface area contributed by atoms with Crippen molar-refractivity contribution in [3.63, 3.8) is 0 Å². The van der Waals surface area contributed by atoms with E-state index >= 15 is 0 Å². The molecule has 2 amide bonds. The number of carbonyl (C=O) groups is 2. The molecule has 2 aromatic rings. The van der Waals surface area contributed by atoms with Gasteiger partial charge in [0.05, 0.1) is 29.5 Å². The molecule has 2 aromatic carbocycles. The lowest BCUT2D eigenvalue weighted by Gasteiger charge is -2.25. The minimum absolute atomic E-state index is 0.0746. The Morgan fingerprint density at radius 2 is 2.07 bits per heavy atom. The molecular formula is C22H20BrN3O3S. The van der Waals surface area contributed by atoms with Crippen LogP contribution in [0.1, 0.15) is 23.5 Å². The highest BCUT2D eigenvalue weighted by molar-refractivity contribution is 9.10. The first kappa shape index (κ1) is 21.9. The molecule has 154 valence electrons. The van der Waals surface area contributed by atoms with Crippen LogP contribution in [-0.2, 0) is 9.59 Å². The minimum Gasteiger partial charge on any atom is -0.497 e. The van der Waals surface area contributed by atoms with E-state index in [0.717, 1.165) is 27.4 Å². The van der Waals surface area contributed by atoms with Crippen LogP contribution in [0.2, 0.25) is 0 Å². The molecular weight excluding hydrogens is 466 g/mol. The largest absolute Gasteiger partial charge is 0.497 e. The number of hydrogen-bond acceptors (Lipinski definition) is 5. The van der Waals surface area contributed by atoms with Gasteiger partial charge in [0.25, 0.3) is 0 Å². The van der Waals surface area contributed by atoms with Gasteiger partial charge in [0.15, 0.2) is 0 Å². The van der Waals surface area contributed by atoms with E-state index in [2.05, 4.69) is 32.6 Å². The Balaban J connectivity index is 1.74. The Morgan fingerprint density at radius 3 is 2.70 bits per heavy atom. The van der Waals surface area contributed by atoms with Crippen LogP contribution in [0.4, 0.5) is 5.69 Å². The molecule has 3 rings (SSSR count). The van der Waals surface area contributed by atoms with Crippen molar-refractivity contribution < 1.29 is 14.3 Å². The summed E-state index contributed by atoms with van der Waals surface area (Å²) < 4.78 is 6.14. The number of halogens is 1. The second-order valence-electron chi connectivity index (χ2n) is 6.73. The molecule has 30 heavy (non-hydrogen) atoms. The van der Waals surface area contributed by atoms with E-state index in [1.54, 1.807) is 19.2 Å². The highest BCUT2D eigenvalue weighted by Crippen LogP contribution is 2.36. The van der Waals surface area contributed by atoms with Crippen molar-refractivity contribution in [3.05, 3.63) is 68.7 Å². The first-order valence-corrected chi connectivity index (χ1v) is 11.0. The van der Waals surface area contributed by atoms with E-state index in [1.807, 2.05) is 37.3 Å². The van der Waals surface area contributed by atoms with Crippen molar-refractivity contribution >= 4 is 45.2 Å². The van der Waals surface area contributed by atoms with Crippen LogP contribution >= 0.6 is 27.7 Å². The Labute approximate surface area is 187 Å². The topological polar surface area (TPSA) is 91.2 Å². The zero-order valence-corrected chi connectivity index (χ0v) is 18.9. The van der Waals surface area contributed by atoms with Crippen LogP contribution in [0.5, 0.6) is 5.75 Å². The van der Waals surface area contributed by atoms with E-state index in [9.17, 15) is 14.9 Å². The number of benzene rings is 2. The van der Waals surface area contributed by atoms with Gasteiger partial charge in [-0.25, -0.2) is 0 Å². The summed E-state index contributed by atoms with van der Waals surface area (Å²) in [5.41, 5.74) is 3.02. The predicted octanol–water partition coefficient (Wildman–Crippen LogP) is 4.48. The Hall–Kier alpha value is -2.76. The standard InChI is InChI=1S/C22H20BrN3O3S/c1-13-9-15(5-8-19(13)23)25-21(28)12-30-22-18(11-24)17(10-20(27)26-22)14-3-6-16(29-2)7-4-14/h3-9,17H,10,12H2,1-2H3,(H,25,28)(H,26,27)/t17-/m0/s1. The molecule has 0 saturated carbocycles. The van der Waals surface area contributed by atoms with Gasteiger partial charge < -0.3 is 15.4 Å². The number of amides is 2. The van der Waals surface area contributed by atoms with Crippen LogP contribution in [-0.4, -0.2) is 24.7 Å². The molecule has 0 spiro atoms. The van der Waals surface area contributed by atoms with Crippen LogP contribution < -0.4 is 15.4 Å². The average molecular weight is 486 g/mol. The second-order valence-corrected chi connectivity index (χ2v) is 8.57. The van der Waals surface area contributed by atoms with Gasteiger partial charge in [0.1, 0.15) is 5.75 Å². The fourth-order valence-corrected chi connectivity index (χ4v) is 4.23. The second kappa shape index (κ2) is 9.83. The van der Waals surface area contributed by atoms with E-state index in [4.69, 9.17) is 4.74 Å². The Morgan fingerprint density at radius 1 is 1.33 bits per heavy atom. The van der Waals surface area contributed by atoms with Crippen molar-refractivity contribution in [2.45, 2.75) is 19.3 Å². The molecule has 8 heteroatoms. The molecule has 1 aliphatic heterocycles. The summed E-state index contributed by atoms with van der Waals surface area (Å²) in [7, 11) is 1.58. The first-order chi connectivity index (χ1) is 14.4. The van der Waals surface area contributed by atoms with Gasteiger partial charge in [0.2, 0.25) is 11.8 Å². The summed E-state index contributed by atoms with van der Waals surface area (Å²) in [6.45, 7) is 1.94. The third-order valence-corrected chi connectivity index (χ3v) is 6.57. The molecule has 0 aromatic heterocycles. The molecule has 1 aliphatic rings. The zero-order valence-electron chi connectivity index (χ0n) is 16.5. The van der Waals surface area contributed by atoms with Gasteiger partial charge >= 0.3 is 0 Å². The molecule has 0 bridgehead atoms. The van der Waals surface area contributed by atoms with Crippen molar-refractivity contribution in [3.8, 4) is 11.8 Å². The summed E-state index contributed by atoms with van der Waals surface area (Å²) in [6, 6.07) is 15.1. The molecule has 2 N–H and O–H groups in total. The summed E-state index contributed by atoms with van der Waals surface area (Å²) in [4.78, 5) is 24.6. The van der Waals surface area contributed by atoms with E-state index in [-0.39, 0.29) is 29.9 Å². The molecule has 0 saturated heterocycles. The summed E-state index contributed by atoms with van der Waals surface area (Å²) in [5, 5.41) is 15.7. The summed E-state index contributed by atoms with van der Waals surface area (Å²) in [5.74, 6) is 0.0319. The first-order valence-electron chi connectivity index (χ1n) is 9.18. The third kappa shape index (κ3) is 5.23. The normalized spacial score (nSPS) is 15.9. The number of aryl methyl sites for hydroxylation is 1. The van der Waals surface area contributed by atoms with Gasteiger partial charge in [-0.05, 0) is 48.4 Å². The maximum atomic E-state index is 12.4. The van der Waals surface area contributed by atoms with Crippen LogP contribution in [0, 0.1) is 18.3 Å². The van der Waals surface area contributed by atoms with Crippen molar-refractivity contribution in [2.75, 3.05) is 18.2 Å². The minimum atomic E-state index is -0.352. The lowest BCUT2D eigenvalue weighted by Crippen LogP contribution is -2.31. The zero-order chi connectivity index (χ0) is 21.7. The number of nitrogens with zero attached hydrogens (tertiary/aromatic N) is 1. The fraction of sp³-hybridized carbons (Fsp3) is 0.227. The number of nitriles is 1. The number of nitrogens with one attached hydrogen (secondary N) is 2. The average Bonchev–Trinajstić information content (AvgIpc) is 2.74. The van der Waals surface area contributed by atoms with Gasteiger partial charge in [-0.3, -0.25) is 9.59 Å².